The first-order valence-electron chi connectivity index (χ1n) is 10.2. The van der Waals surface area contributed by atoms with E-state index in [1.165, 1.54) is 6.39 Å². The molecule has 1 N–H and O–H groups in total. The first kappa shape index (κ1) is 19.5. The minimum atomic E-state index is 0.420. The zero-order chi connectivity index (χ0) is 21.8. The molecule has 0 saturated heterocycles. The second-order valence-corrected chi connectivity index (χ2v) is 7.26. The summed E-state index contributed by atoms with van der Waals surface area (Å²) in [6.07, 6.45) is 9.55. The van der Waals surface area contributed by atoms with Crippen LogP contribution in [0.4, 0.5) is 11.4 Å². The zero-order valence-corrected chi connectivity index (χ0v) is 17.1. The molecule has 0 aliphatic rings. The maximum atomic E-state index is 7.16. The predicted molar refractivity (Wildman–Crippen MR) is 122 cm³/mol. The fourth-order valence-electron chi connectivity index (χ4n) is 3.64. The largest absolute Gasteiger partial charge is 0.423 e. The number of aromatic nitrogens is 5. The number of aryl methyl sites for hydroxylation is 1. The Morgan fingerprint density at radius 1 is 1.09 bits per heavy atom. The number of hydrogen-bond acceptors (Lipinski definition) is 6. The van der Waals surface area contributed by atoms with Crippen molar-refractivity contribution in [3.63, 3.8) is 0 Å². The minimum absolute atomic E-state index is 0.420. The second-order valence-electron chi connectivity index (χ2n) is 7.26. The molecule has 0 bridgehead atoms. The third kappa shape index (κ3) is 3.91. The number of pyridine rings is 1. The highest BCUT2D eigenvalue weighted by atomic mass is 16.4. The van der Waals surface area contributed by atoms with Gasteiger partial charge in [0.25, 0.3) is 5.89 Å². The molecule has 0 saturated carbocycles. The van der Waals surface area contributed by atoms with Crippen LogP contribution in [-0.4, -0.2) is 31.3 Å². The molecule has 0 aliphatic carbocycles. The SMILES string of the molecule is [C-]#[N+]c1ccc(-c2ccc3ncc(-c4nnco4)c(NCCCn4ccnc4)c3c2)cc1. The molecule has 0 fully saturated rings. The highest BCUT2D eigenvalue weighted by molar-refractivity contribution is 6.00. The number of nitrogens with zero attached hydrogens (tertiary/aromatic N) is 6. The van der Waals surface area contributed by atoms with E-state index >= 15 is 0 Å². The maximum absolute atomic E-state index is 7.16. The number of benzene rings is 2. The first-order chi connectivity index (χ1) is 15.8. The Hall–Kier alpha value is -4.51. The molecule has 0 amide bonds. The smallest absolute Gasteiger partial charge is 0.251 e. The standard InChI is InChI=1S/C24H19N7O/c1-25-19-6-3-17(4-7-19)18-5-8-22-20(13-18)23(21(14-28-22)24-30-29-16-32-24)27-9-2-11-31-12-10-26-15-31/h3-8,10,12-16H,2,9,11H2,(H,27,28). The second kappa shape index (κ2) is 8.70. The topological polar surface area (TPSA) is 86.0 Å². The number of nitrogens with one attached hydrogen (secondary N) is 1. The molecule has 5 rings (SSSR count). The van der Waals surface area contributed by atoms with E-state index in [2.05, 4.69) is 41.0 Å². The normalized spacial score (nSPS) is 10.8. The van der Waals surface area contributed by atoms with Crippen LogP contribution in [0.25, 0.3) is 38.3 Å². The van der Waals surface area contributed by atoms with Crippen molar-refractivity contribution < 1.29 is 4.42 Å². The number of anilines is 1. The fourth-order valence-corrected chi connectivity index (χ4v) is 3.64. The summed E-state index contributed by atoms with van der Waals surface area (Å²) in [4.78, 5) is 12.2. The lowest BCUT2D eigenvalue weighted by Gasteiger charge is -2.14. The molecular formula is C24H19N7O. The molecule has 0 spiro atoms. The highest BCUT2D eigenvalue weighted by Crippen LogP contribution is 2.35. The van der Waals surface area contributed by atoms with Gasteiger partial charge in [-0.3, -0.25) is 4.98 Å². The van der Waals surface area contributed by atoms with Gasteiger partial charge in [-0.25, -0.2) is 9.83 Å². The highest BCUT2D eigenvalue weighted by Gasteiger charge is 2.15. The van der Waals surface area contributed by atoms with Gasteiger partial charge in [-0.05, 0) is 29.7 Å². The van der Waals surface area contributed by atoms with E-state index in [1.807, 2.05) is 48.9 Å². The van der Waals surface area contributed by atoms with Crippen molar-refractivity contribution in [1.29, 1.82) is 0 Å². The van der Waals surface area contributed by atoms with Gasteiger partial charge in [-0.2, -0.15) is 0 Å². The van der Waals surface area contributed by atoms with Crippen LogP contribution in [0.2, 0.25) is 0 Å². The molecule has 5 aromatic rings. The van der Waals surface area contributed by atoms with E-state index in [9.17, 15) is 0 Å². The van der Waals surface area contributed by atoms with Gasteiger partial charge in [0.2, 0.25) is 6.39 Å². The third-order valence-electron chi connectivity index (χ3n) is 5.24. The zero-order valence-electron chi connectivity index (χ0n) is 17.1. The van der Waals surface area contributed by atoms with Gasteiger partial charge in [0, 0.05) is 37.1 Å². The fraction of sp³-hybridized carbons (Fsp3) is 0.125. The van der Waals surface area contributed by atoms with Gasteiger partial charge in [-0.15, -0.1) is 10.2 Å². The number of rotatable bonds is 7. The lowest BCUT2D eigenvalue weighted by Crippen LogP contribution is -2.07. The summed E-state index contributed by atoms with van der Waals surface area (Å²) in [5.74, 6) is 0.420. The summed E-state index contributed by atoms with van der Waals surface area (Å²) in [5.41, 5.74) is 5.23. The van der Waals surface area contributed by atoms with Gasteiger partial charge in [-0.1, -0.05) is 30.3 Å². The van der Waals surface area contributed by atoms with Crippen LogP contribution in [0, 0.1) is 6.57 Å². The van der Waals surface area contributed by atoms with Crippen molar-refractivity contribution in [2.24, 2.45) is 0 Å². The Bertz CT molecular complexity index is 1370. The molecule has 2 aromatic carbocycles. The van der Waals surface area contributed by atoms with E-state index in [4.69, 9.17) is 11.0 Å². The lowest BCUT2D eigenvalue weighted by molar-refractivity contribution is 0.568. The molecule has 0 atom stereocenters. The van der Waals surface area contributed by atoms with Crippen LogP contribution in [0.5, 0.6) is 0 Å². The van der Waals surface area contributed by atoms with E-state index in [0.717, 1.165) is 52.8 Å². The molecule has 156 valence electrons. The van der Waals surface area contributed by atoms with Gasteiger partial charge in [0.1, 0.15) is 0 Å². The molecule has 8 heteroatoms. The average Bonchev–Trinajstić information content (AvgIpc) is 3.56. The summed E-state index contributed by atoms with van der Waals surface area (Å²) >= 11 is 0. The van der Waals surface area contributed by atoms with Crippen molar-refractivity contribution in [2.45, 2.75) is 13.0 Å². The van der Waals surface area contributed by atoms with Gasteiger partial charge in [0.15, 0.2) is 5.69 Å². The van der Waals surface area contributed by atoms with Crippen molar-refractivity contribution in [3.8, 4) is 22.6 Å². The molecular weight excluding hydrogens is 402 g/mol. The number of hydrogen-bond donors (Lipinski definition) is 1. The van der Waals surface area contributed by atoms with E-state index in [1.54, 1.807) is 12.4 Å². The van der Waals surface area contributed by atoms with E-state index < -0.39 is 0 Å². The van der Waals surface area contributed by atoms with Crippen LogP contribution in [-0.2, 0) is 6.54 Å². The van der Waals surface area contributed by atoms with Crippen LogP contribution in [0.1, 0.15) is 6.42 Å². The number of imidazole rings is 1. The molecule has 0 aliphatic heterocycles. The summed E-state index contributed by atoms with van der Waals surface area (Å²) in [5, 5.41) is 12.4. The average molecular weight is 421 g/mol. The molecule has 3 aromatic heterocycles. The van der Waals surface area contributed by atoms with E-state index in [-0.39, 0.29) is 0 Å². The predicted octanol–water partition coefficient (Wildman–Crippen LogP) is 5.20. The first-order valence-corrected chi connectivity index (χ1v) is 10.2. The van der Waals surface area contributed by atoms with Crippen LogP contribution >= 0.6 is 0 Å². The summed E-state index contributed by atoms with van der Waals surface area (Å²) in [7, 11) is 0. The van der Waals surface area contributed by atoms with Gasteiger partial charge >= 0.3 is 0 Å². The molecule has 8 nitrogen and oxygen atoms in total. The Kier molecular flexibility index (Phi) is 5.29. The van der Waals surface area contributed by atoms with Gasteiger partial charge < -0.3 is 14.3 Å². The van der Waals surface area contributed by atoms with E-state index in [0.29, 0.717) is 11.6 Å². The molecule has 0 radical (unpaired) electrons. The third-order valence-corrected chi connectivity index (χ3v) is 5.24. The van der Waals surface area contributed by atoms with Crippen molar-refractivity contribution >= 4 is 22.3 Å². The van der Waals surface area contributed by atoms with Crippen molar-refractivity contribution in [3.05, 3.63) is 85.2 Å². The minimum Gasteiger partial charge on any atom is -0.423 e. The molecule has 3 heterocycles. The Morgan fingerprint density at radius 3 is 2.72 bits per heavy atom. The van der Waals surface area contributed by atoms with Crippen LogP contribution in [0.15, 0.2) is 78.2 Å². The van der Waals surface area contributed by atoms with Crippen molar-refractivity contribution in [1.82, 2.24) is 24.7 Å². The molecule has 0 unspecified atom stereocenters. The van der Waals surface area contributed by atoms with Crippen LogP contribution < -0.4 is 5.32 Å². The lowest BCUT2D eigenvalue weighted by atomic mass is 10.0. The van der Waals surface area contributed by atoms with Crippen molar-refractivity contribution in [2.75, 3.05) is 11.9 Å². The Morgan fingerprint density at radius 2 is 1.97 bits per heavy atom. The maximum Gasteiger partial charge on any atom is 0.251 e. The van der Waals surface area contributed by atoms with Crippen LogP contribution in [0.3, 0.4) is 0 Å². The number of fused-ring (bicyclic) bond motifs is 1. The summed E-state index contributed by atoms with van der Waals surface area (Å²) in [6.45, 7) is 8.77. The quantitative estimate of drug-likeness (QED) is 0.287. The summed E-state index contributed by atoms with van der Waals surface area (Å²) in [6, 6.07) is 13.7. The van der Waals surface area contributed by atoms with Gasteiger partial charge in [0.05, 0.1) is 29.7 Å². The summed E-state index contributed by atoms with van der Waals surface area (Å²) < 4.78 is 7.52. The monoisotopic (exact) mass is 421 g/mol. The Labute approximate surface area is 184 Å². The molecule has 32 heavy (non-hydrogen) atoms. The Balaban J connectivity index is 1.51.